The first-order valence-electron chi connectivity index (χ1n) is 9.38. The smallest absolute Gasteiger partial charge is 0.139 e. The second kappa shape index (κ2) is 7.90. The molecule has 2 N–H and O–H groups in total. The number of benzene rings is 1. The van der Waals surface area contributed by atoms with Crippen molar-refractivity contribution in [3.05, 3.63) is 66.2 Å². The minimum atomic E-state index is -0.602. The fourth-order valence-corrected chi connectivity index (χ4v) is 3.60. The number of aryl methyl sites for hydroxylation is 1. The molecule has 0 radical (unpaired) electrons. The Morgan fingerprint density at radius 2 is 1.85 bits per heavy atom. The highest BCUT2D eigenvalue weighted by molar-refractivity contribution is 5.54. The van der Waals surface area contributed by atoms with Gasteiger partial charge in [0.15, 0.2) is 0 Å². The lowest BCUT2D eigenvalue weighted by molar-refractivity contribution is 0.106. The Balaban J connectivity index is 1.37. The number of aromatic nitrogens is 3. The number of para-hydroxylation sites is 1. The number of rotatable bonds is 5. The van der Waals surface area contributed by atoms with Crippen molar-refractivity contribution in [1.29, 1.82) is 0 Å². The van der Waals surface area contributed by atoms with Gasteiger partial charge in [-0.15, -0.1) is 0 Å². The van der Waals surface area contributed by atoms with Gasteiger partial charge in [-0.05, 0) is 31.2 Å². The molecule has 0 bridgehead atoms. The number of pyridine rings is 1. The standard InChI is InChI=1S/C21H25N5O/c1-16-20(24-21(23-16)17-6-5-9-22-14-17)19(27)15-25-10-12-26(13-11-25)18-7-3-2-4-8-18/h2-9,14,19,27H,10-13,15H2,1H3,(H,23,24). The van der Waals surface area contributed by atoms with Crippen LogP contribution in [0.1, 0.15) is 17.5 Å². The molecule has 3 aromatic rings. The summed E-state index contributed by atoms with van der Waals surface area (Å²) in [6.07, 6.45) is 2.91. The Labute approximate surface area is 159 Å². The molecule has 1 aliphatic heterocycles. The quantitative estimate of drug-likeness (QED) is 0.729. The maximum Gasteiger partial charge on any atom is 0.139 e. The summed E-state index contributed by atoms with van der Waals surface area (Å²) < 4.78 is 0. The van der Waals surface area contributed by atoms with Gasteiger partial charge in [-0.2, -0.15) is 0 Å². The van der Waals surface area contributed by atoms with Crippen LogP contribution in [-0.2, 0) is 0 Å². The lowest BCUT2D eigenvalue weighted by Gasteiger charge is -2.36. The number of aliphatic hydroxyl groups is 1. The number of hydrogen-bond donors (Lipinski definition) is 2. The molecule has 4 rings (SSSR count). The van der Waals surface area contributed by atoms with Crippen LogP contribution in [0.2, 0.25) is 0 Å². The average molecular weight is 363 g/mol. The molecule has 0 aliphatic carbocycles. The maximum absolute atomic E-state index is 10.7. The molecule has 1 unspecified atom stereocenters. The molecule has 1 fully saturated rings. The minimum Gasteiger partial charge on any atom is -0.385 e. The molecule has 1 saturated heterocycles. The van der Waals surface area contributed by atoms with Crippen LogP contribution in [0.3, 0.4) is 0 Å². The monoisotopic (exact) mass is 363 g/mol. The Morgan fingerprint density at radius 3 is 2.56 bits per heavy atom. The number of hydrogen-bond acceptors (Lipinski definition) is 5. The fraction of sp³-hybridized carbons (Fsp3) is 0.333. The van der Waals surface area contributed by atoms with Gasteiger partial charge < -0.3 is 15.0 Å². The molecule has 6 heteroatoms. The van der Waals surface area contributed by atoms with Crippen LogP contribution in [0, 0.1) is 6.92 Å². The molecule has 6 nitrogen and oxygen atoms in total. The number of β-amino-alcohol motifs (C(OH)–C–C–N with tert-alkyl or cyclic N) is 1. The lowest BCUT2D eigenvalue weighted by Crippen LogP contribution is -2.47. The Hall–Kier alpha value is -2.70. The summed E-state index contributed by atoms with van der Waals surface area (Å²) >= 11 is 0. The van der Waals surface area contributed by atoms with Crippen LogP contribution in [0.4, 0.5) is 5.69 Å². The van der Waals surface area contributed by atoms with Crippen molar-refractivity contribution >= 4 is 5.69 Å². The maximum atomic E-state index is 10.7. The van der Waals surface area contributed by atoms with Crippen molar-refractivity contribution in [2.75, 3.05) is 37.6 Å². The van der Waals surface area contributed by atoms with E-state index < -0.39 is 6.10 Å². The molecule has 1 aliphatic rings. The van der Waals surface area contributed by atoms with E-state index in [0.717, 1.165) is 49.0 Å². The number of aliphatic hydroxyl groups excluding tert-OH is 1. The van der Waals surface area contributed by atoms with E-state index >= 15 is 0 Å². The second-order valence-electron chi connectivity index (χ2n) is 6.98. The summed E-state index contributed by atoms with van der Waals surface area (Å²) in [5.41, 5.74) is 3.82. The molecule has 0 saturated carbocycles. The van der Waals surface area contributed by atoms with E-state index in [1.165, 1.54) is 5.69 Å². The first-order chi connectivity index (χ1) is 13.2. The topological polar surface area (TPSA) is 68.3 Å². The molecule has 140 valence electrons. The molecule has 1 atom stereocenters. The van der Waals surface area contributed by atoms with Gasteiger partial charge in [0, 0.05) is 62.1 Å². The molecule has 1 aromatic carbocycles. The minimum absolute atomic E-state index is 0.598. The fourth-order valence-electron chi connectivity index (χ4n) is 3.60. The number of aromatic amines is 1. The largest absolute Gasteiger partial charge is 0.385 e. The third-order valence-electron chi connectivity index (χ3n) is 5.10. The summed E-state index contributed by atoms with van der Waals surface area (Å²) in [4.78, 5) is 16.7. The Bertz CT molecular complexity index is 857. The summed E-state index contributed by atoms with van der Waals surface area (Å²) in [5.74, 6) is 0.753. The number of anilines is 1. The van der Waals surface area contributed by atoms with Gasteiger partial charge in [0.1, 0.15) is 11.9 Å². The predicted octanol–water partition coefficient (Wildman–Crippen LogP) is 2.64. The lowest BCUT2D eigenvalue weighted by atomic mass is 10.2. The summed E-state index contributed by atoms with van der Waals surface area (Å²) in [6.45, 7) is 6.36. The molecule has 0 amide bonds. The van der Waals surface area contributed by atoms with Gasteiger partial charge in [0.2, 0.25) is 0 Å². The van der Waals surface area contributed by atoms with Crippen LogP contribution in [-0.4, -0.2) is 57.7 Å². The van der Waals surface area contributed by atoms with Crippen LogP contribution in [0.25, 0.3) is 11.4 Å². The number of H-pyrrole nitrogens is 1. The van der Waals surface area contributed by atoms with Gasteiger partial charge in [-0.3, -0.25) is 9.88 Å². The molecule has 27 heavy (non-hydrogen) atoms. The Morgan fingerprint density at radius 1 is 1.07 bits per heavy atom. The van der Waals surface area contributed by atoms with Gasteiger partial charge in [-0.25, -0.2) is 4.98 Å². The van der Waals surface area contributed by atoms with E-state index in [1.54, 1.807) is 12.4 Å². The van der Waals surface area contributed by atoms with E-state index in [0.29, 0.717) is 6.54 Å². The zero-order chi connectivity index (χ0) is 18.6. The van der Waals surface area contributed by atoms with E-state index in [2.05, 4.69) is 49.0 Å². The average Bonchev–Trinajstić information content (AvgIpc) is 3.12. The molecule has 0 spiro atoms. The second-order valence-corrected chi connectivity index (χ2v) is 6.98. The summed E-state index contributed by atoms with van der Waals surface area (Å²) in [7, 11) is 0. The van der Waals surface area contributed by atoms with Crippen molar-refractivity contribution in [2.45, 2.75) is 13.0 Å². The van der Waals surface area contributed by atoms with E-state index in [9.17, 15) is 5.11 Å². The van der Waals surface area contributed by atoms with Crippen molar-refractivity contribution in [2.24, 2.45) is 0 Å². The zero-order valence-corrected chi connectivity index (χ0v) is 15.5. The van der Waals surface area contributed by atoms with Crippen LogP contribution >= 0.6 is 0 Å². The summed E-state index contributed by atoms with van der Waals surface area (Å²) in [5, 5.41) is 10.7. The Kier molecular flexibility index (Phi) is 5.18. The third kappa shape index (κ3) is 4.02. The number of imidazole rings is 1. The van der Waals surface area contributed by atoms with Crippen molar-refractivity contribution < 1.29 is 5.11 Å². The normalized spacial score (nSPS) is 16.4. The number of nitrogens with zero attached hydrogens (tertiary/aromatic N) is 4. The first-order valence-corrected chi connectivity index (χ1v) is 9.38. The number of piperazine rings is 1. The number of nitrogens with one attached hydrogen (secondary N) is 1. The van der Waals surface area contributed by atoms with Crippen LogP contribution in [0.5, 0.6) is 0 Å². The highest BCUT2D eigenvalue weighted by Crippen LogP contribution is 2.23. The van der Waals surface area contributed by atoms with Gasteiger partial charge in [0.05, 0.1) is 5.69 Å². The zero-order valence-electron chi connectivity index (χ0n) is 15.5. The molecular weight excluding hydrogens is 338 g/mol. The van der Waals surface area contributed by atoms with Crippen LogP contribution in [0.15, 0.2) is 54.9 Å². The van der Waals surface area contributed by atoms with Gasteiger partial charge in [-0.1, -0.05) is 18.2 Å². The SMILES string of the molecule is Cc1[nH]c(-c2cccnc2)nc1C(O)CN1CCN(c2ccccc2)CC1. The van der Waals surface area contributed by atoms with Crippen molar-refractivity contribution in [3.8, 4) is 11.4 Å². The van der Waals surface area contributed by atoms with Crippen molar-refractivity contribution in [1.82, 2.24) is 19.9 Å². The van der Waals surface area contributed by atoms with Crippen molar-refractivity contribution in [3.63, 3.8) is 0 Å². The highest BCUT2D eigenvalue weighted by Gasteiger charge is 2.23. The van der Waals surface area contributed by atoms with E-state index in [1.807, 2.05) is 25.1 Å². The molecule has 3 heterocycles. The predicted molar refractivity (Wildman–Crippen MR) is 107 cm³/mol. The highest BCUT2D eigenvalue weighted by atomic mass is 16.3. The third-order valence-corrected chi connectivity index (χ3v) is 5.10. The molecular formula is C21H25N5O. The van der Waals surface area contributed by atoms with E-state index in [4.69, 9.17) is 0 Å². The van der Waals surface area contributed by atoms with Gasteiger partial charge >= 0.3 is 0 Å². The molecule has 2 aromatic heterocycles. The van der Waals surface area contributed by atoms with Gasteiger partial charge in [0.25, 0.3) is 0 Å². The first kappa shape index (κ1) is 17.7. The van der Waals surface area contributed by atoms with E-state index in [-0.39, 0.29) is 0 Å². The van der Waals surface area contributed by atoms with Crippen LogP contribution < -0.4 is 4.90 Å². The summed E-state index contributed by atoms with van der Waals surface area (Å²) in [6, 6.07) is 14.3.